The van der Waals surface area contributed by atoms with Crippen molar-refractivity contribution >= 4 is 38.9 Å². The average molecular weight is 439 g/mol. The topological polar surface area (TPSA) is 41.9 Å². The molecule has 6 heteroatoms. The van der Waals surface area contributed by atoms with Crippen LogP contribution in [0.4, 0.5) is 15.8 Å². The van der Waals surface area contributed by atoms with Crippen LogP contribution in [0.5, 0.6) is 5.75 Å². The lowest BCUT2D eigenvalue weighted by Gasteiger charge is -2.17. The van der Waals surface area contributed by atoms with Crippen LogP contribution in [0.15, 0.2) is 76.2 Å². The number of carbonyl (C=O) groups excluding carboxylic acids is 1. The Labute approximate surface area is 170 Å². The number of fused-ring (bicyclic) bond motifs is 1. The van der Waals surface area contributed by atoms with Crippen LogP contribution in [0.1, 0.15) is 11.1 Å². The van der Waals surface area contributed by atoms with Gasteiger partial charge in [-0.2, -0.15) is 0 Å². The minimum Gasteiger partial charge on any atom is -0.494 e. The van der Waals surface area contributed by atoms with Crippen LogP contribution < -0.4 is 9.64 Å². The van der Waals surface area contributed by atoms with E-state index in [4.69, 9.17) is 4.74 Å². The second-order valence-electron chi connectivity index (χ2n) is 6.31. The van der Waals surface area contributed by atoms with Gasteiger partial charge in [-0.3, -0.25) is 4.79 Å². The van der Waals surface area contributed by atoms with Gasteiger partial charge < -0.3 is 9.64 Å². The lowest BCUT2D eigenvalue weighted by atomic mass is 10.1. The number of hydrogen-bond acceptors (Lipinski definition) is 3. The highest BCUT2D eigenvalue weighted by molar-refractivity contribution is 9.10. The molecule has 0 aromatic heterocycles. The predicted molar refractivity (Wildman–Crippen MR) is 111 cm³/mol. The summed E-state index contributed by atoms with van der Waals surface area (Å²) >= 11 is 3.47. The fourth-order valence-corrected chi connectivity index (χ4v) is 3.53. The van der Waals surface area contributed by atoms with E-state index in [2.05, 4.69) is 20.9 Å². The Bertz CT molecular complexity index is 1080. The van der Waals surface area contributed by atoms with Crippen molar-refractivity contribution in [3.05, 3.63) is 88.1 Å². The molecule has 3 aromatic carbocycles. The number of nitrogens with zero attached hydrogens (tertiary/aromatic N) is 2. The number of benzene rings is 3. The van der Waals surface area contributed by atoms with Crippen molar-refractivity contribution in [3.63, 3.8) is 0 Å². The smallest absolute Gasteiger partial charge is 0.277 e. The van der Waals surface area contributed by atoms with E-state index < -0.39 is 0 Å². The van der Waals surface area contributed by atoms with E-state index in [0.29, 0.717) is 23.7 Å². The zero-order valence-corrected chi connectivity index (χ0v) is 16.6. The van der Waals surface area contributed by atoms with E-state index in [0.717, 1.165) is 21.3 Å². The van der Waals surface area contributed by atoms with Gasteiger partial charge in [-0.05, 0) is 48.0 Å². The number of rotatable bonds is 4. The molecule has 1 aliphatic rings. The number of methoxy groups -OCH3 is 1. The van der Waals surface area contributed by atoms with E-state index in [1.165, 1.54) is 12.1 Å². The number of ether oxygens (including phenoxy) is 1. The molecule has 4 nitrogen and oxygen atoms in total. The summed E-state index contributed by atoms with van der Waals surface area (Å²) in [6.45, 7) is 0.332. The van der Waals surface area contributed by atoms with Crippen LogP contribution >= 0.6 is 15.9 Å². The van der Waals surface area contributed by atoms with Crippen LogP contribution in [0.3, 0.4) is 0 Å². The average Bonchev–Trinajstić information content (AvgIpc) is 2.95. The summed E-state index contributed by atoms with van der Waals surface area (Å²) in [6.07, 6.45) is 0. The first kappa shape index (κ1) is 18.4. The molecule has 0 aliphatic carbocycles. The Balaban J connectivity index is 1.78. The number of carbonyl (C=O) groups is 1. The summed E-state index contributed by atoms with van der Waals surface area (Å²) in [7, 11) is 1.57. The molecule has 1 aliphatic heterocycles. The van der Waals surface area contributed by atoms with E-state index in [-0.39, 0.29) is 11.7 Å². The maximum Gasteiger partial charge on any atom is 0.277 e. The number of amides is 1. The molecule has 0 radical (unpaired) electrons. The number of para-hydroxylation sites is 2. The van der Waals surface area contributed by atoms with Crippen LogP contribution in [-0.4, -0.2) is 18.7 Å². The van der Waals surface area contributed by atoms with Crippen LogP contribution in [0, 0.1) is 5.82 Å². The molecule has 0 unspecified atom stereocenters. The molecule has 0 bridgehead atoms. The molecule has 0 saturated carbocycles. The molecule has 140 valence electrons. The van der Waals surface area contributed by atoms with Crippen LogP contribution in [0.25, 0.3) is 0 Å². The highest BCUT2D eigenvalue weighted by Gasteiger charge is 2.34. The zero-order valence-electron chi connectivity index (χ0n) is 15.0. The van der Waals surface area contributed by atoms with Gasteiger partial charge >= 0.3 is 0 Å². The Morgan fingerprint density at radius 1 is 1.07 bits per heavy atom. The highest BCUT2D eigenvalue weighted by atomic mass is 79.9. The maximum atomic E-state index is 13.2. The van der Waals surface area contributed by atoms with Crippen molar-refractivity contribution in [2.45, 2.75) is 6.54 Å². The van der Waals surface area contributed by atoms with Gasteiger partial charge in [0.05, 0.1) is 19.3 Å². The van der Waals surface area contributed by atoms with Crippen molar-refractivity contribution in [3.8, 4) is 5.75 Å². The van der Waals surface area contributed by atoms with E-state index in [9.17, 15) is 9.18 Å². The summed E-state index contributed by atoms with van der Waals surface area (Å²) in [5, 5.41) is 0. The fourth-order valence-electron chi connectivity index (χ4n) is 3.17. The first-order chi connectivity index (χ1) is 13.6. The molecule has 0 spiro atoms. The molecule has 0 saturated heterocycles. The molecule has 1 amide bonds. The predicted octanol–water partition coefficient (Wildman–Crippen LogP) is 5.26. The van der Waals surface area contributed by atoms with Crippen molar-refractivity contribution < 1.29 is 13.9 Å². The summed E-state index contributed by atoms with van der Waals surface area (Å²) in [5.41, 5.74) is 3.28. The third-order valence-corrected chi connectivity index (χ3v) is 5.02. The Morgan fingerprint density at radius 2 is 1.82 bits per heavy atom. The van der Waals surface area contributed by atoms with E-state index >= 15 is 0 Å². The van der Waals surface area contributed by atoms with Gasteiger partial charge in [0.15, 0.2) is 0 Å². The zero-order chi connectivity index (χ0) is 19.7. The van der Waals surface area contributed by atoms with E-state index in [1.807, 2.05) is 30.3 Å². The van der Waals surface area contributed by atoms with Crippen LogP contribution in [0.2, 0.25) is 0 Å². The minimum atomic E-state index is -0.306. The van der Waals surface area contributed by atoms with Crippen molar-refractivity contribution in [2.75, 3.05) is 12.0 Å². The molecule has 0 atom stereocenters. The molecule has 0 fully saturated rings. The second kappa shape index (κ2) is 7.56. The molecular weight excluding hydrogens is 423 g/mol. The van der Waals surface area contributed by atoms with Gasteiger partial charge in [-0.1, -0.05) is 40.2 Å². The number of anilines is 1. The van der Waals surface area contributed by atoms with Gasteiger partial charge in [-0.15, -0.1) is 0 Å². The lowest BCUT2D eigenvalue weighted by Crippen LogP contribution is -2.29. The van der Waals surface area contributed by atoms with E-state index in [1.54, 1.807) is 36.3 Å². The summed E-state index contributed by atoms with van der Waals surface area (Å²) in [5.74, 6) is 0.0823. The maximum absolute atomic E-state index is 13.2. The Kier molecular flexibility index (Phi) is 4.96. The second-order valence-corrected chi connectivity index (χ2v) is 7.23. The number of aliphatic imine (C=N–C) groups is 1. The Morgan fingerprint density at radius 3 is 2.57 bits per heavy atom. The third kappa shape index (κ3) is 3.43. The van der Waals surface area contributed by atoms with Crippen LogP contribution in [-0.2, 0) is 11.3 Å². The van der Waals surface area contributed by atoms with Crippen molar-refractivity contribution in [1.29, 1.82) is 0 Å². The summed E-state index contributed by atoms with van der Waals surface area (Å²) in [4.78, 5) is 19.5. The largest absolute Gasteiger partial charge is 0.494 e. The first-order valence-corrected chi connectivity index (χ1v) is 9.44. The minimum absolute atomic E-state index is 0.205. The summed E-state index contributed by atoms with van der Waals surface area (Å²) in [6, 6.07) is 19.1. The molecule has 4 rings (SSSR count). The van der Waals surface area contributed by atoms with Crippen molar-refractivity contribution in [2.24, 2.45) is 4.99 Å². The Hall–Kier alpha value is -2.99. The van der Waals surface area contributed by atoms with Gasteiger partial charge in [0, 0.05) is 10.0 Å². The van der Waals surface area contributed by atoms with Gasteiger partial charge in [0.25, 0.3) is 5.91 Å². The summed E-state index contributed by atoms with van der Waals surface area (Å²) < 4.78 is 19.4. The normalized spacial score (nSPS) is 14.5. The molecule has 0 N–H and O–H groups in total. The SMILES string of the molecule is COc1ccccc1N=C1C(=O)N(Cc2ccc(F)cc2)c2ccc(Br)cc21. The monoisotopic (exact) mass is 438 g/mol. The standard InChI is InChI=1S/C22H16BrFN2O2/c1-28-20-5-3-2-4-18(20)25-21-17-12-15(23)8-11-19(17)26(22(21)27)13-14-6-9-16(24)10-7-14/h2-12H,13H2,1H3. The quantitative estimate of drug-likeness (QED) is 0.556. The number of hydrogen-bond donors (Lipinski definition) is 0. The fraction of sp³-hybridized carbons (Fsp3) is 0.0909. The van der Waals surface area contributed by atoms with Gasteiger partial charge in [0.2, 0.25) is 0 Å². The first-order valence-electron chi connectivity index (χ1n) is 8.65. The molecular formula is C22H16BrFN2O2. The highest BCUT2D eigenvalue weighted by Crippen LogP contribution is 2.36. The molecule has 1 heterocycles. The van der Waals surface area contributed by atoms with Gasteiger partial charge in [-0.25, -0.2) is 9.38 Å². The van der Waals surface area contributed by atoms with Gasteiger partial charge in [0.1, 0.15) is 23.0 Å². The molecule has 28 heavy (non-hydrogen) atoms. The van der Waals surface area contributed by atoms with Crippen molar-refractivity contribution in [1.82, 2.24) is 0 Å². The molecule has 3 aromatic rings. The number of halogens is 2. The third-order valence-electron chi connectivity index (χ3n) is 4.52. The lowest BCUT2D eigenvalue weighted by molar-refractivity contribution is -0.112.